The topological polar surface area (TPSA) is 55.1 Å². The van der Waals surface area contributed by atoms with Gasteiger partial charge in [0.1, 0.15) is 0 Å². The van der Waals surface area contributed by atoms with E-state index < -0.39 is 0 Å². The Labute approximate surface area is 148 Å². The SMILES string of the molecule is Cc1nc(C(=O)NC23CC4CC(CC(C4)C2)C3)c(-c2ccccc2)o1. The summed E-state index contributed by atoms with van der Waals surface area (Å²) in [5.41, 5.74) is 1.32. The van der Waals surface area contributed by atoms with E-state index >= 15 is 0 Å². The minimum Gasteiger partial charge on any atom is -0.440 e. The lowest BCUT2D eigenvalue weighted by Gasteiger charge is -2.56. The fraction of sp³-hybridized carbons (Fsp3) is 0.524. The number of nitrogens with zero attached hydrogens (tertiary/aromatic N) is 1. The van der Waals surface area contributed by atoms with Crippen molar-refractivity contribution in [3.8, 4) is 11.3 Å². The molecule has 4 nitrogen and oxygen atoms in total. The van der Waals surface area contributed by atoms with Crippen molar-refractivity contribution in [1.29, 1.82) is 0 Å². The van der Waals surface area contributed by atoms with Crippen molar-refractivity contribution in [3.63, 3.8) is 0 Å². The van der Waals surface area contributed by atoms with Gasteiger partial charge in [0.15, 0.2) is 17.3 Å². The molecule has 4 saturated carbocycles. The minimum absolute atomic E-state index is 0.00730. The zero-order chi connectivity index (χ0) is 17.0. The highest BCUT2D eigenvalue weighted by Crippen LogP contribution is 2.55. The van der Waals surface area contributed by atoms with Crippen molar-refractivity contribution in [2.75, 3.05) is 0 Å². The van der Waals surface area contributed by atoms with Gasteiger partial charge in [-0.2, -0.15) is 0 Å². The summed E-state index contributed by atoms with van der Waals surface area (Å²) in [6.07, 6.45) is 7.53. The minimum atomic E-state index is -0.0716. The number of aromatic nitrogens is 1. The van der Waals surface area contributed by atoms with Crippen LogP contribution in [0.3, 0.4) is 0 Å². The zero-order valence-corrected chi connectivity index (χ0v) is 14.6. The predicted molar refractivity (Wildman–Crippen MR) is 95.0 cm³/mol. The quantitative estimate of drug-likeness (QED) is 0.906. The smallest absolute Gasteiger partial charge is 0.274 e. The third-order valence-corrected chi connectivity index (χ3v) is 6.40. The van der Waals surface area contributed by atoms with Crippen molar-refractivity contribution in [2.45, 2.75) is 51.0 Å². The van der Waals surface area contributed by atoms with Crippen LogP contribution < -0.4 is 5.32 Å². The molecule has 1 aromatic carbocycles. The Morgan fingerprint density at radius 1 is 1.08 bits per heavy atom. The predicted octanol–water partition coefficient (Wildman–Crippen LogP) is 4.35. The molecule has 1 N–H and O–H groups in total. The van der Waals surface area contributed by atoms with Crippen LogP contribution in [0.5, 0.6) is 0 Å². The maximum atomic E-state index is 13.1. The average molecular weight is 336 g/mol. The highest BCUT2D eigenvalue weighted by Gasteiger charge is 2.51. The lowest BCUT2D eigenvalue weighted by atomic mass is 9.53. The molecule has 2 aromatic rings. The van der Waals surface area contributed by atoms with Crippen LogP contribution in [-0.4, -0.2) is 16.4 Å². The van der Waals surface area contributed by atoms with E-state index in [-0.39, 0.29) is 11.4 Å². The molecular formula is C21H24N2O2. The molecule has 6 rings (SSSR count). The first-order valence-corrected chi connectivity index (χ1v) is 9.46. The number of hydrogen-bond acceptors (Lipinski definition) is 3. The molecule has 4 aliphatic carbocycles. The molecule has 0 spiro atoms. The fourth-order valence-corrected chi connectivity index (χ4v) is 5.93. The Kier molecular flexibility index (Phi) is 3.31. The van der Waals surface area contributed by atoms with Crippen LogP contribution in [0.1, 0.15) is 54.9 Å². The van der Waals surface area contributed by atoms with Gasteiger partial charge in [0.05, 0.1) is 0 Å². The summed E-state index contributed by atoms with van der Waals surface area (Å²) < 4.78 is 5.77. The van der Waals surface area contributed by atoms with Gasteiger partial charge >= 0.3 is 0 Å². The molecular weight excluding hydrogens is 312 g/mol. The number of amides is 1. The number of aryl methyl sites for hydroxylation is 1. The third-order valence-electron chi connectivity index (χ3n) is 6.40. The van der Waals surface area contributed by atoms with Crippen molar-refractivity contribution < 1.29 is 9.21 Å². The van der Waals surface area contributed by atoms with Crippen LogP contribution in [0.4, 0.5) is 0 Å². The second kappa shape index (κ2) is 5.45. The summed E-state index contributed by atoms with van der Waals surface area (Å²) in [5.74, 6) is 3.46. The first kappa shape index (κ1) is 15.2. The Bertz CT molecular complexity index is 773. The number of rotatable bonds is 3. The molecule has 4 fully saturated rings. The second-order valence-electron chi connectivity index (χ2n) is 8.43. The molecule has 4 aliphatic rings. The molecule has 1 amide bonds. The van der Waals surface area contributed by atoms with E-state index in [4.69, 9.17) is 4.42 Å². The fourth-order valence-electron chi connectivity index (χ4n) is 5.93. The van der Waals surface area contributed by atoms with Gasteiger partial charge in [-0.1, -0.05) is 30.3 Å². The van der Waals surface area contributed by atoms with Crippen LogP contribution in [-0.2, 0) is 0 Å². The molecule has 0 saturated heterocycles. The van der Waals surface area contributed by atoms with Gasteiger partial charge in [0, 0.05) is 18.0 Å². The van der Waals surface area contributed by atoms with E-state index in [1.54, 1.807) is 6.92 Å². The van der Waals surface area contributed by atoms with Gasteiger partial charge in [0.25, 0.3) is 5.91 Å². The molecule has 130 valence electrons. The highest BCUT2D eigenvalue weighted by atomic mass is 16.4. The van der Waals surface area contributed by atoms with Crippen molar-refractivity contribution in [1.82, 2.24) is 10.3 Å². The van der Waals surface area contributed by atoms with Gasteiger partial charge in [-0.05, 0) is 56.3 Å². The summed E-state index contributed by atoms with van der Waals surface area (Å²) in [5, 5.41) is 3.40. The number of nitrogens with one attached hydrogen (secondary N) is 1. The molecule has 0 atom stereocenters. The van der Waals surface area contributed by atoms with Crippen LogP contribution in [0.25, 0.3) is 11.3 Å². The summed E-state index contributed by atoms with van der Waals surface area (Å²) in [7, 11) is 0. The summed E-state index contributed by atoms with van der Waals surface area (Å²) in [6, 6.07) is 9.78. The van der Waals surface area contributed by atoms with Gasteiger partial charge < -0.3 is 9.73 Å². The number of oxazole rings is 1. The number of carbonyl (C=O) groups excluding carboxylic acids is 1. The molecule has 4 bridgehead atoms. The number of carbonyl (C=O) groups is 1. The molecule has 4 heteroatoms. The molecule has 25 heavy (non-hydrogen) atoms. The summed E-state index contributed by atoms with van der Waals surface area (Å²) >= 11 is 0. The highest BCUT2D eigenvalue weighted by molar-refractivity contribution is 5.98. The molecule has 1 heterocycles. The molecule has 0 radical (unpaired) electrons. The van der Waals surface area contributed by atoms with E-state index in [0.29, 0.717) is 17.3 Å². The van der Waals surface area contributed by atoms with Crippen molar-refractivity contribution in [2.24, 2.45) is 17.8 Å². The van der Waals surface area contributed by atoms with Gasteiger partial charge in [-0.25, -0.2) is 4.98 Å². The lowest BCUT2D eigenvalue weighted by molar-refractivity contribution is -0.0167. The van der Waals surface area contributed by atoms with Crippen LogP contribution in [0, 0.1) is 24.7 Å². The van der Waals surface area contributed by atoms with Gasteiger partial charge in [-0.15, -0.1) is 0 Å². The van der Waals surface area contributed by atoms with E-state index in [1.165, 1.54) is 19.3 Å². The van der Waals surface area contributed by atoms with E-state index in [0.717, 1.165) is 42.6 Å². The largest absolute Gasteiger partial charge is 0.440 e. The zero-order valence-electron chi connectivity index (χ0n) is 14.6. The maximum Gasteiger partial charge on any atom is 0.274 e. The molecule has 0 unspecified atom stereocenters. The normalized spacial score (nSPS) is 32.8. The van der Waals surface area contributed by atoms with E-state index in [2.05, 4.69) is 10.3 Å². The van der Waals surface area contributed by atoms with Crippen molar-refractivity contribution in [3.05, 3.63) is 41.9 Å². The first-order chi connectivity index (χ1) is 12.1. The number of benzene rings is 1. The lowest BCUT2D eigenvalue weighted by Crippen LogP contribution is -2.59. The Morgan fingerprint density at radius 2 is 1.68 bits per heavy atom. The standard InChI is InChI=1S/C21H24N2O2/c1-13-22-18(19(25-13)17-5-3-2-4-6-17)20(24)23-21-10-14-7-15(11-21)9-16(8-14)12-21/h2-6,14-16H,7-12H2,1H3,(H,23,24). The van der Waals surface area contributed by atoms with E-state index in [1.807, 2.05) is 30.3 Å². The summed E-state index contributed by atoms with van der Waals surface area (Å²) in [4.78, 5) is 17.5. The third kappa shape index (κ3) is 2.59. The van der Waals surface area contributed by atoms with Crippen LogP contribution in [0.2, 0.25) is 0 Å². The Balaban J connectivity index is 1.44. The Hall–Kier alpha value is -2.10. The monoisotopic (exact) mass is 336 g/mol. The first-order valence-electron chi connectivity index (χ1n) is 9.46. The molecule has 1 aromatic heterocycles. The van der Waals surface area contributed by atoms with E-state index in [9.17, 15) is 4.79 Å². The Morgan fingerprint density at radius 3 is 2.28 bits per heavy atom. The average Bonchev–Trinajstić information content (AvgIpc) is 2.96. The second-order valence-corrected chi connectivity index (χ2v) is 8.43. The summed E-state index contributed by atoms with van der Waals surface area (Å²) in [6.45, 7) is 1.80. The van der Waals surface area contributed by atoms with Crippen LogP contribution in [0.15, 0.2) is 34.7 Å². The number of hydrogen-bond donors (Lipinski definition) is 1. The maximum absolute atomic E-state index is 13.1. The van der Waals surface area contributed by atoms with Crippen LogP contribution >= 0.6 is 0 Å². The van der Waals surface area contributed by atoms with Crippen molar-refractivity contribution >= 4 is 5.91 Å². The molecule has 0 aliphatic heterocycles. The van der Waals surface area contributed by atoms with Gasteiger partial charge in [-0.3, -0.25) is 4.79 Å². The van der Waals surface area contributed by atoms with Gasteiger partial charge in [0.2, 0.25) is 0 Å².